The summed E-state index contributed by atoms with van der Waals surface area (Å²) in [5.74, 6) is -0.544. The Kier molecular flexibility index (Phi) is 6.10. The predicted octanol–water partition coefficient (Wildman–Crippen LogP) is 5.01. The molecule has 0 spiro atoms. The van der Waals surface area contributed by atoms with Gasteiger partial charge >= 0.3 is 11.5 Å². The lowest BCUT2D eigenvalue weighted by atomic mass is 10.2. The maximum absolute atomic E-state index is 12.6. The average Bonchev–Trinajstić information content (AvgIpc) is 2.30. The molecule has 1 aromatic carbocycles. The van der Waals surface area contributed by atoms with Crippen molar-refractivity contribution in [2.75, 3.05) is 0 Å². The van der Waals surface area contributed by atoms with E-state index in [1.165, 1.54) is 6.92 Å². The van der Waals surface area contributed by atoms with Crippen LogP contribution in [0.25, 0.3) is 0 Å². The lowest BCUT2D eigenvalue weighted by Gasteiger charge is -2.13. The number of carbonyl (C=O) groups is 1. The smallest absolute Gasteiger partial charge is 0.416 e. The van der Waals surface area contributed by atoms with E-state index in [-0.39, 0.29) is 27.4 Å². The van der Waals surface area contributed by atoms with Gasteiger partial charge in [-0.25, -0.2) is 4.99 Å². The predicted molar refractivity (Wildman–Crippen MR) is 78.7 cm³/mol. The summed E-state index contributed by atoms with van der Waals surface area (Å²) in [4.78, 5) is 13.9. The quantitative estimate of drug-likeness (QED) is 0.349. The van der Waals surface area contributed by atoms with E-state index in [9.17, 15) is 18.0 Å². The third kappa shape index (κ3) is 5.40. The van der Waals surface area contributed by atoms with Gasteiger partial charge in [0.25, 0.3) is 0 Å². The Hall–Kier alpha value is -1.44. The molecule has 22 heavy (non-hydrogen) atoms. The standard InChI is InChI=1S/C12H8Cl3F3N2O2/c1-5(20-11(15)21)2-9(19)22-10-7(13)3-6(4-8(10)14)12(16,17)18/h2-4H,19H2,1H3. The van der Waals surface area contributed by atoms with Gasteiger partial charge in [0, 0.05) is 11.8 Å². The SMILES string of the molecule is CC(C=C(N)Oc1c(Cl)cc(C(F)(F)F)cc1Cl)=NC(=O)Cl. The fraction of sp³-hybridized carbons (Fsp3) is 0.167. The Morgan fingerprint density at radius 3 is 2.23 bits per heavy atom. The van der Waals surface area contributed by atoms with Gasteiger partial charge in [-0.1, -0.05) is 23.2 Å². The topological polar surface area (TPSA) is 64.7 Å². The van der Waals surface area contributed by atoms with Crippen molar-refractivity contribution < 1.29 is 22.7 Å². The summed E-state index contributed by atoms with van der Waals surface area (Å²) in [6.07, 6.45) is -3.47. The van der Waals surface area contributed by atoms with E-state index < -0.39 is 17.1 Å². The van der Waals surface area contributed by atoms with Crippen molar-refractivity contribution in [2.24, 2.45) is 10.7 Å². The van der Waals surface area contributed by atoms with Crippen LogP contribution in [0.2, 0.25) is 10.0 Å². The molecule has 0 unspecified atom stereocenters. The molecular formula is C12H8Cl3F3N2O2. The average molecular weight is 376 g/mol. The number of ether oxygens (including phenoxy) is 1. The van der Waals surface area contributed by atoms with E-state index in [2.05, 4.69) is 4.99 Å². The molecule has 0 radical (unpaired) electrons. The van der Waals surface area contributed by atoms with Gasteiger partial charge in [0.1, 0.15) is 0 Å². The number of nitrogens with zero attached hydrogens (tertiary/aromatic N) is 1. The van der Waals surface area contributed by atoms with Crippen LogP contribution in [0.4, 0.5) is 18.0 Å². The highest BCUT2D eigenvalue weighted by Gasteiger charge is 2.32. The normalized spacial score (nSPS) is 13.2. The Balaban J connectivity index is 3.09. The highest BCUT2D eigenvalue weighted by atomic mass is 35.5. The fourth-order valence-corrected chi connectivity index (χ4v) is 2.04. The van der Waals surface area contributed by atoms with Gasteiger partial charge in [-0.2, -0.15) is 13.2 Å². The van der Waals surface area contributed by atoms with Gasteiger partial charge in [0.05, 0.1) is 15.6 Å². The summed E-state index contributed by atoms with van der Waals surface area (Å²) < 4.78 is 42.8. The Bertz CT molecular complexity index is 635. The highest BCUT2D eigenvalue weighted by Crippen LogP contribution is 2.40. The number of allylic oxidation sites excluding steroid dienone is 1. The van der Waals surface area contributed by atoms with Gasteiger partial charge in [-0.3, -0.25) is 4.79 Å². The number of halogens is 6. The van der Waals surface area contributed by atoms with Gasteiger partial charge in [0.2, 0.25) is 0 Å². The van der Waals surface area contributed by atoms with Gasteiger partial charge in [-0.05, 0) is 30.7 Å². The Labute approximate surface area is 138 Å². The summed E-state index contributed by atoms with van der Waals surface area (Å²) in [6, 6.07) is 1.30. The van der Waals surface area contributed by atoms with Crippen LogP contribution in [-0.2, 0) is 6.18 Å². The molecule has 0 bridgehead atoms. The van der Waals surface area contributed by atoms with E-state index >= 15 is 0 Å². The van der Waals surface area contributed by atoms with Crippen LogP contribution < -0.4 is 10.5 Å². The van der Waals surface area contributed by atoms with Crippen molar-refractivity contribution in [1.29, 1.82) is 0 Å². The second-order valence-electron chi connectivity index (χ2n) is 3.92. The molecule has 0 aromatic heterocycles. The maximum Gasteiger partial charge on any atom is 0.416 e. The first-order valence-corrected chi connectivity index (χ1v) is 6.60. The van der Waals surface area contributed by atoms with Crippen LogP contribution in [-0.4, -0.2) is 11.1 Å². The van der Waals surface area contributed by atoms with Crippen molar-refractivity contribution in [3.63, 3.8) is 0 Å². The van der Waals surface area contributed by atoms with Crippen molar-refractivity contribution in [2.45, 2.75) is 13.1 Å². The fourth-order valence-electron chi connectivity index (χ4n) is 1.35. The van der Waals surface area contributed by atoms with Crippen LogP contribution in [0.15, 0.2) is 29.1 Å². The second kappa shape index (κ2) is 7.21. The number of benzene rings is 1. The van der Waals surface area contributed by atoms with Crippen LogP contribution in [0.1, 0.15) is 12.5 Å². The zero-order valence-electron chi connectivity index (χ0n) is 10.8. The molecule has 0 aliphatic carbocycles. The van der Waals surface area contributed by atoms with Crippen molar-refractivity contribution >= 4 is 45.9 Å². The number of aliphatic imine (C=N–C) groups is 1. The molecule has 0 aliphatic heterocycles. The van der Waals surface area contributed by atoms with E-state index in [1.54, 1.807) is 0 Å². The molecular weight excluding hydrogens is 367 g/mol. The van der Waals surface area contributed by atoms with E-state index in [0.717, 1.165) is 6.08 Å². The van der Waals surface area contributed by atoms with Crippen molar-refractivity contribution in [3.8, 4) is 5.75 Å². The number of amides is 1. The number of hydrogen-bond donors (Lipinski definition) is 1. The molecule has 0 atom stereocenters. The van der Waals surface area contributed by atoms with Crippen LogP contribution in [0, 0.1) is 0 Å². The van der Waals surface area contributed by atoms with Gasteiger partial charge in [-0.15, -0.1) is 0 Å². The molecule has 0 aliphatic rings. The zero-order valence-corrected chi connectivity index (χ0v) is 13.1. The summed E-state index contributed by atoms with van der Waals surface area (Å²) >= 11 is 16.5. The zero-order chi connectivity index (χ0) is 17.1. The van der Waals surface area contributed by atoms with Gasteiger partial charge < -0.3 is 10.5 Å². The van der Waals surface area contributed by atoms with E-state index in [1.807, 2.05) is 0 Å². The first-order chi connectivity index (χ1) is 10.0. The number of hydrogen-bond acceptors (Lipinski definition) is 3. The summed E-state index contributed by atoms with van der Waals surface area (Å²) in [6.45, 7) is 1.41. The van der Waals surface area contributed by atoms with E-state index in [0.29, 0.717) is 12.1 Å². The largest absolute Gasteiger partial charge is 0.438 e. The summed E-state index contributed by atoms with van der Waals surface area (Å²) in [7, 11) is 0. The third-order valence-corrected chi connectivity index (χ3v) is 2.81. The third-order valence-electron chi connectivity index (χ3n) is 2.16. The molecule has 4 nitrogen and oxygen atoms in total. The van der Waals surface area contributed by atoms with Crippen LogP contribution >= 0.6 is 34.8 Å². The molecule has 120 valence electrons. The summed E-state index contributed by atoms with van der Waals surface area (Å²) in [5, 5.41) is -1.72. The Morgan fingerprint density at radius 1 is 1.32 bits per heavy atom. The van der Waals surface area contributed by atoms with Gasteiger partial charge in [0.15, 0.2) is 11.6 Å². The summed E-state index contributed by atoms with van der Waals surface area (Å²) in [5.41, 5.74) is 4.60. The number of nitrogens with two attached hydrogens (primary N) is 1. The van der Waals surface area contributed by atoms with Crippen molar-refractivity contribution in [1.82, 2.24) is 0 Å². The molecule has 1 amide bonds. The lowest BCUT2D eigenvalue weighted by molar-refractivity contribution is -0.137. The number of rotatable bonds is 3. The minimum atomic E-state index is -4.60. The minimum Gasteiger partial charge on any atom is -0.438 e. The molecule has 0 saturated heterocycles. The number of carbonyl (C=O) groups excluding carboxylic acids is 1. The molecule has 0 saturated carbocycles. The molecule has 0 fully saturated rings. The molecule has 1 rings (SSSR count). The van der Waals surface area contributed by atoms with Crippen LogP contribution in [0.5, 0.6) is 5.75 Å². The van der Waals surface area contributed by atoms with Crippen molar-refractivity contribution in [3.05, 3.63) is 39.7 Å². The monoisotopic (exact) mass is 374 g/mol. The highest BCUT2D eigenvalue weighted by molar-refractivity contribution is 6.64. The van der Waals surface area contributed by atoms with Crippen LogP contribution in [0.3, 0.4) is 0 Å². The minimum absolute atomic E-state index is 0.122. The molecule has 2 N–H and O–H groups in total. The van der Waals surface area contributed by atoms with E-state index in [4.69, 9.17) is 45.3 Å². The first-order valence-electron chi connectivity index (χ1n) is 5.46. The maximum atomic E-state index is 12.6. The second-order valence-corrected chi connectivity index (χ2v) is 5.06. The number of alkyl halides is 3. The lowest BCUT2D eigenvalue weighted by Crippen LogP contribution is -2.10. The molecule has 0 heterocycles. The Morgan fingerprint density at radius 2 is 1.82 bits per heavy atom. The molecule has 10 heteroatoms. The first kappa shape index (κ1) is 18.6. The molecule has 1 aromatic rings.